The summed E-state index contributed by atoms with van der Waals surface area (Å²) < 4.78 is 7.76. The van der Waals surface area contributed by atoms with Crippen LogP contribution in [0.5, 0.6) is 5.75 Å². The lowest BCUT2D eigenvalue weighted by Crippen LogP contribution is -2.16. The zero-order valence-corrected chi connectivity index (χ0v) is 21.4. The molecule has 186 valence electrons. The SMILES string of the molecule is C=Cc1ccc2c(c1)nc(-c1ccc(OC)cc1)n2C1CCCCC1.c1ccc(N2CCCC2)cc1. The van der Waals surface area contributed by atoms with Crippen molar-refractivity contribution in [1.82, 2.24) is 9.55 Å². The number of fused-ring (bicyclic) bond motifs is 1. The van der Waals surface area contributed by atoms with E-state index in [0.717, 1.165) is 28.2 Å². The van der Waals surface area contributed by atoms with Crippen LogP contribution in [0.2, 0.25) is 0 Å². The number of hydrogen-bond donors (Lipinski definition) is 0. The Morgan fingerprint density at radius 3 is 2.25 bits per heavy atom. The van der Waals surface area contributed by atoms with Crippen LogP contribution in [-0.2, 0) is 0 Å². The summed E-state index contributed by atoms with van der Waals surface area (Å²) in [4.78, 5) is 7.44. The normalized spacial score (nSPS) is 16.0. The first kappa shape index (κ1) is 24.2. The zero-order chi connectivity index (χ0) is 24.7. The van der Waals surface area contributed by atoms with E-state index in [-0.39, 0.29) is 0 Å². The van der Waals surface area contributed by atoms with E-state index in [1.165, 1.54) is 69.2 Å². The monoisotopic (exact) mass is 479 g/mol. The van der Waals surface area contributed by atoms with Crippen molar-refractivity contribution >= 4 is 22.8 Å². The minimum absolute atomic E-state index is 0.533. The van der Waals surface area contributed by atoms with Gasteiger partial charge in [-0.15, -0.1) is 0 Å². The van der Waals surface area contributed by atoms with Crippen molar-refractivity contribution in [3.63, 3.8) is 0 Å². The van der Waals surface area contributed by atoms with Gasteiger partial charge in [0.1, 0.15) is 11.6 Å². The second-order valence-electron chi connectivity index (χ2n) is 9.81. The van der Waals surface area contributed by atoms with Gasteiger partial charge in [-0.2, -0.15) is 0 Å². The number of benzene rings is 3. The minimum Gasteiger partial charge on any atom is -0.497 e. The molecule has 0 amide bonds. The summed E-state index contributed by atoms with van der Waals surface area (Å²) in [7, 11) is 1.70. The number of nitrogens with zero attached hydrogens (tertiary/aromatic N) is 3. The fraction of sp³-hybridized carbons (Fsp3) is 0.344. The first-order valence-corrected chi connectivity index (χ1v) is 13.4. The number of para-hydroxylation sites is 1. The largest absolute Gasteiger partial charge is 0.497 e. The van der Waals surface area contributed by atoms with Crippen molar-refractivity contribution in [2.45, 2.75) is 51.0 Å². The standard InChI is InChI=1S/C22H24N2O.C10H13N/c1-3-16-9-14-21-20(15-16)23-22(17-10-12-19(25-2)13-11-17)24(21)18-7-5-4-6-8-18;1-2-6-10(7-3-1)11-8-4-5-9-11/h3,9-15,18H,1,4-8H2,2H3;1-3,6-7H,4-5,8-9H2. The molecule has 36 heavy (non-hydrogen) atoms. The average molecular weight is 480 g/mol. The number of imidazole rings is 1. The van der Waals surface area contributed by atoms with Crippen molar-refractivity contribution in [3.05, 3.63) is 84.9 Å². The molecule has 4 nitrogen and oxygen atoms in total. The molecule has 0 spiro atoms. The van der Waals surface area contributed by atoms with Crippen LogP contribution < -0.4 is 9.64 Å². The summed E-state index contributed by atoms with van der Waals surface area (Å²) in [6.45, 7) is 6.37. The minimum atomic E-state index is 0.533. The third-order valence-corrected chi connectivity index (χ3v) is 7.46. The Kier molecular flexibility index (Phi) is 7.70. The van der Waals surface area contributed by atoms with Crippen LogP contribution in [0.4, 0.5) is 5.69 Å². The molecule has 0 atom stereocenters. The molecule has 2 fully saturated rings. The van der Waals surface area contributed by atoms with Gasteiger partial charge in [0.05, 0.1) is 18.1 Å². The number of rotatable bonds is 5. The quantitative estimate of drug-likeness (QED) is 0.289. The maximum Gasteiger partial charge on any atom is 0.141 e. The van der Waals surface area contributed by atoms with Gasteiger partial charge >= 0.3 is 0 Å². The van der Waals surface area contributed by atoms with E-state index in [0.29, 0.717) is 6.04 Å². The van der Waals surface area contributed by atoms with E-state index < -0.39 is 0 Å². The number of anilines is 1. The molecule has 1 aliphatic heterocycles. The molecule has 2 aliphatic rings. The highest BCUT2D eigenvalue weighted by atomic mass is 16.5. The molecule has 4 heteroatoms. The Bertz CT molecular complexity index is 1260. The number of hydrogen-bond acceptors (Lipinski definition) is 3. The fourth-order valence-electron chi connectivity index (χ4n) is 5.51. The predicted molar refractivity (Wildman–Crippen MR) is 152 cm³/mol. The summed E-state index contributed by atoms with van der Waals surface area (Å²) in [6, 6.07) is 25.9. The highest BCUT2D eigenvalue weighted by molar-refractivity contribution is 5.83. The van der Waals surface area contributed by atoms with E-state index >= 15 is 0 Å². The molecule has 3 aromatic carbocycles. The van der Waals surface area contributed by atoms with Gasteiger partial charge in [0.15, 0.2) is 0 Å². The Balaban J connectivity index is 0.000000202. The van der Waals surface area contributed by atoms with Crippen LogP contribution in [0, 0.1) is 0 Å². The van der Waals surface area contributed by atoms with E-state index in [1.54, 1.807) is 7.11 Å². The van der Waals surface area contributed by atoms with Crippen molar-refractivity contribution < 1.29 is 4.74 Å². The molecule has 1 saturated carbocycles. The van der Waals surface area contributed by atoms with Gasteiger partial charge in [-0.1, -0.05) is 56.2 Å². The van der Waals surface area contributed by atoms with E-state index in [2.05, 4.69) is 76.7 Å². The van der Waals surface area contributed by atoms with E-state index in [4.69, 9.17) is 9.72 Å². The molecule has 0 bridgehead atoms. The van der Waals surface area contributed by atoms with Crippen LogP contribution in [-0.4, -0.2) is 29.8 Å². The second-order valence-corrected chi connectivity index (χ2v) is 9.81. The lowest BCUT2D eigenvalue weighted by molar-refractivity contribution is 0.362. The summed E-state index contributed by atoms with van der Waals surface area (Å²) in [5.41, 5.74) is 5.91. The van der Waals surface area contributed by atoms with Crippen LogP contribution in [0.25, 0.3) is 28.5 Å². The third-order valence-electron chi connectivity index (χ3n) is 7.46. The molecule has 0 radical (unpaired) electrons. The van der Waals surface area contributed by atoms with Gasteiger partial charge in [0.2, 0.25) is 0 Å². The molecule has 6 rings (SSSR count). The highest BCUT2D eigenvalue weighted by Crippen LogP contribution is 2.36. The Hall–Kier alpha value is -3.53. The first-order valence-electron chi connectivity index (χ1n) is 13.4. The molecular formula is C32H37N3O. The number of aromatic nitrogens is 2. The van der Waals surface area contributed by atoms with Crippen LogP contribution >= 0.6 is 0 Å². The van der Waals surface area contributed by atoms with Gasteiger partial charge in [0.25, 0.3) is 0 Å². The molecule has 1 aliphatic carbocycles. The highest BCUT2D eigenvalue weighted by Gasteiger charge is 2.22. The van der Waals surface area contributed by atoms with Gasteiger partial charge in [0, 0.05) is 30.4 Å². The van der Waals surface area contributed by atoms with Crippen molar-refractivity contribution in [3.8, 4) is 17.1 Å². The summed E-state index contributed by atoms with van der Waals surface area (Å²) in [5.74, 6) is 1.93. The van der Waals surface area contributed by atoms with Gasteiger partial charge < -0.3 is 14.2 Å². The number of ether oxygens (including phenoxy) is 1. The fourth-order valence-corrected chi connectivity index (χ4v) is 5.51. The molecule has 0 unspecified atom stereocenters. The van der Waals surface area contributed by atoms with Crippen LogP contribution in [0.3, 0.4) is 0 Å². The predicted octanol–water partition coefficient (Wildman–Crippen LogP) is 8.15. The molecular weight excluding hydrogens is 442 g/mol. The van der Waals surface area contributed by atoms with Crippen molar-refractivity contribution in [2.24, 2.45) is 0 Å². The van der Waals surface area contributed by atoms with E-state index in [1.807, 2.05) is 18.2 Å². The van der Waals surface area contributed by atoms with Crippen LogP contribution in [0.15, 0.2) is 79.4 Å². The maximum atomic E-state index is 5.30. The second kappa shape index (κ2) is 11.5. The smallest absolute Gasteiger partial charge is 0.141 e. The first-order chi connectivity index (χ1) is 17.8. The number of methoxy groups -OCH3 is 1. The van der Waals surface area contributed by atoms with Crippen molar-refractivity contribution in [1.29, 1.82) is 0 Å². The van der Waals surface area contributed by atoms with Gasteiger partial charge in [-0.3, -0.25) is 0 Å². The lowest BCUT2D eigenvalue weighted by atomic mass is 9.95. The molecule has 1 aromatic heterocycles. The van der Waals surface area contributed by atoms with Crippen molar-refractivity contribution in [2.75, 3.05) is 25.1 Å². The average Bonchev–Trinajstić information content (AvgIpc) is 3.63. The summed E-state index contributed by atoms with van der Waals surface area (Å²) in [5, 5.41) is 0. The molecule has 0 N–H and O–H groups in total. The Morgan fingerprint density at radius 2 is 1.58 bits per heavy atom. The Labute approximate surface area is 215 Å². The topological polar surface area (TPSA) is 30.3 Å². The third kappa shape index (κ3) is 5.33. The summed E-state index contributed by atoms with van der Waals surface area (Å²) in [6.07, 6.45) is 11.0. The lowest BCUT2D eigenvalue weighted by Gasteiger charge is -2.25. The van der Waals surface area contributed by atoms with Gasteiger partial charge in [-0.05, 0) is 79.8 Å². The van der Waals surface area contributed by atoms with Crippen LogP contribution in [0.1, 0.15) is 56.6 Å². The van der Waals surface area contributed by atoms with E-state index in [9.17, 15) is 0 Å². The Morgan fingerprint density at radius 1 is 0.861 bits per heavy atom. The molecule has 4 aromatic rings. The van der Waals surface area contributed by atoms with Gasteiger partial charge in [-0.25, -0.2) is 4.98 Å². The molecule has 1 saturated heterocycles. The zero-order valence-electron chi connectivity index (χ0n) is 21.4. The molecule has 2 heterocycles. The summed E-state index contributed by atoms with van der Waals surface area (Å²) >= 11 is 0. The maximum absolute atomic E-state index is 5.30.